The number of aryl methyl sites for hydroxylation is 1. The lowest BCUT2D eigenvalue weighted by molar-refractivity contribution is -0.106. The molecule has 0 bridgehead atoms. The number of hydrogen-bond donors (Lipinski definition) is 0. The van der Waals surface area contributed by atoms with Gasteiger partial charge in [0.2, 0.25) is 0 Å². The highest BCUT2D eigenvalue weighted by atomic mass is 32.2. The van der Waals surface area contributed by atoms with Gasteiger partial charge in [-0.15, -0.1) is 11.8 Å². The molecule has 0 N–H and O–H groups in total. The molecule has 4 nitrogen and oxygen atoms in total. The molecule has 0 saturated carbocycles. The van der Waals surface area contributed by atoms with Crippen LogP contribution in [0.25, 0.3) is 0 Å². The summed E-state index contributed by atoms with van der Waals surface area (Å²) in [7, 11) is 3.28. The summed E-state index contributed by atoms with van der Waals surface area (Å²) >= 11 is 1.81. The van der Waals surface area contributed by atoms with Gasteiger partial charge < -0.3 is 9.47 Å². The minimum Gasteiger partial charge on any atom is -0.352 e. The van der Waals surface area contributed by atoms with E-state index in [0.29, 0.717) is 0 Å². The van der Waals surface area contributed by atoms with Crippen LogP contribution in [0, 0.1) is 0 Å². The van der Waals surface area contributed by atoms with Crippen LogP contribution in [0.5, 0.6) is 0 Å². The summed E-state index contributed by atoms with van der Waals surface area (Å²) < 4.78 is 12.4. The molecule has 102 valence electrons. The second-order valence-corrected chi connectivity index (χ2v) is 5.16. The van der Waals surface area contributed by atoms with Crippen LogP contribution in [0.2, 0.25) is 0 Å². The van der Waals surface area contributed by atoms with E-state index in [-0.39, 0.29) is 6.29 Å². The molecule has 0 fully saturated rings. The zero-order valence-electron chi connectivity index (χ0n) is 11.2. The molecule has 0 aliphatic carbocycles. The standard InChI is InChI=1S/C14H18N2O2S/c1-17-14(18-2)12-4-6-13(7-5-12)19-11-10-16-9-3-8-15-16/h3-9,14H,10-11H2,1-2H3. The Morgan fingerprint density at radius 1 is 1.21 bits per heavy atom. The molecule has 0 atom stereocenters. The number of methoxy groups -OCH3 is 2. The Hall–Kier alpha value is -1.30. The van der Waals surface area contributed by atoms with Gasteiger partial charge in [-0.25, -0.2) is 0 Å². The Bertz CT molecular complexity index is 467. The van der Waals surface area contributed by atoms with Gasteiger partial charge in [0.25, 0.3) is 0 Å². The van der Waals surface area contributed by atoms with E-state index >= 15 is 0 Å². The van der Waals surface area contributed by atoms with Crippen molar-refractivity contribution in [2.45, 2.75) is 17.7 Å². The molecule has 0 unspecified atom stereocenters. The number of hydrogen-bond acceptors (Lipinski definition) is 4. The molecule has 0 amide bonds. The van der Waals surface area contributed by atoms with E-state index in [1.54, 1.807) is 20.4 Å². The lowest BCUT2D eigenvalue weighted by Gasteiger charge is -2.13. The minimum atomic E-state index is -0.289. The van der Waals surface area contributed by atoms with Gasteiger partial charge in [0.05, 0.1) is 6.54 Å². The predicted molar refractivity (Wildman–Crippen MR) is 76.2 cm³/mol. The third-order valence-corrected chi connectivity index (χ3v) is 3.72. The van der Waals surface area contributed by atoms with Gasteiger partial charge in [0.1, 0.15) is 0 Å². The third-order valence-electron chi connectivity index (χ3n) is 2.73. The van der Waals surface area contributed by atoms with Gasteiger partial charge in [-0.3, -0.25) is 4.68 Å². The quantitative estimate of drug-likeness (QED) is 0.576. The average molecular weight is 278 g/mol. The normalized spacial score (nSPS) is 11.1. The summed E-state index contributed by atoms with van der Waals surface area (Å²) in [4.78, 5) is 1.24. The third kappa shape index (κ3) is 4.09. The van der Waals surface area contributed by atoms with Crippen LogP contribution in [0.1, 0.15) is 11.9 Å². The van der Waals surface area contributed by atoms with E-state index in [9.17, 15) is 0 Å². The molecule has 0 aliphatic heterocycles. The van der Waals surface area contributed by atoms with Gasteiger partial charge in [-0.1, -0.05) is 12.1 Å². The van der Waals surface area contributed by atoms with E-state index < -0.39 is 0 Å². The molecule has 1 aromatic heterocycles. The smallest absolute Gasteiger partial charge is 0.183 e. The first-order chi connectivity index (χ1) is 9.33. The molecule has 2 aromatic rings. The maximum absolute atomic E-state index is 5.21. The summed E-state index contributed by atoms with van der Waals surface area (Å²) in [5.74, 6) is 0.999. The van der Waals surface area contributed by atoms with Crippen LogP contribution >= 0.6 is 11.8 Å². The van der Waals surface area contributed by atoms with E-state index in [1.165, 1.54) is 4.90 Å². The zero-order valence-corrected chi connectivity index (χ0v) is 12.0. The average Bonchev–Trinajstić information content (AvgIpc) is 2.95. The molecule has 5 heteroatoms. The van der Waals surface area contributed by atoms with Crippen molar-refractivity contribution in [1.82, 2.24) is 9.78 Å². The van der Waals surface area contributed by atoms with Crippen LogP contribution in [0.3, 0.4) is 0 Å². The first-order valence-corrected chi connectivity index (χ1v) is 7.08. The summed E-state index contributed by atoms with van der Waals surface area (Å²) in [5, 5.41) is 4.18. The van der Waals surface area contributed by atoms with Crippen molar-refractivity contribution in [2.24, 2.45) is 0 Å². The first-order valence-electron chi connectivity index (χ1n) is 6.09. The molecule has 0 aliphatic rings. The maximum Gasteiger partial charge on any atom is 0.183 e. The highest BCUT2D eigenvalue weighted by Gasteiger charge is 2.07. The van der Waals surface area contributed by atoms with Gasteiger partial charge in [0.15, 0.2) is 6.29 Å². The predicted octanol–water partition coefficient (Wildman–Crippen LogP) is 2.97. The van der Waals surface area contributed by atoms with Gasteiger partial charge in [0, 0.05) is 42.8 Å². The SMILES string of the molecule is COC(OC)c1ccc(SCCn2cccn2)cc1. The highest BCUT2D eigenvalue weighted by molar-refractivity contribution is 7.99. The first kappa shape index (κ1) is 14.1. The number of ether oxygens (including phenoxy) is 2. The summed E-state index contributed by atoms with van der Waals surface area (Å²) in [6, 6.07) is 10.2. The lowest BCUT2D eigenvalue weighted by atomic mass is 10.2. The van der Waals surface area contributed by atoms with Crippen LogP contribution in [-0.2, 0) is 16.0 Å². The molecule has 0 radical (unpaired) electrons. The van der Waals surface area contributed by atoms with Gasteiger partial charge in [-0.2, -0.15) is 5.10 Å². The monoisotopic (exact) mass is 278 g/mol. The molecule has 2 rings (SSSR count). The van der Waals surface area contributed by atoms with Gasteiger partial charge >= 0.3 is 0 Å². The molecular weight excluding hydrogens is 260 g/mol. The molecule has 0 saturated heterocycles. The van der Waals surface area contributed by atoms with E-state index in [1.807, 2.05) is 40.8 Å². The molecule has 19 heavy (non-hydrogen) atoms. The Morgan fingerprint density at radius 3 is 2.53 bits per heavy atom. The number of thioether (sulfide) groups is 1. The van der Waals surface area contributed by atoms with Crippen molar-refractivity contribution in [3.05, 3.63) is 48.3 Å². The lowest BCUT2D eigenvalue weighted by Crippen LogP contribution is -2.03. The Morgan fingerprint density at radius 2 is 1.95 bits per heavy atom. The fourth-order valence-corrected chi connectivity index (χ4v) is 2.62. The molecule has 0 spiro atoms. The summed E-state index contributed by atoms with van der Waals surface area (Å²) in [5.41, 5.74) is 1.03. The van der Waals surface area contributed by atoms with Crippen molar-refractivity contribution in [3.63, 3.8) is 0 Å². The fourth-order valence-electron chi connectivity index (χ4n) is 1.78. The number of aromatic nitrogens is 2. The largest absolute Gasteiger partial charge is 0.352 e. The van der Waals surface area contributed by atoms with Gasteiger partial charge in [-0.05, 0) is 18.2 Å². The van der Waals surface area contributed by atoms with Crippen molar-refractivity contribution in [3.8, 4) is 0 Å². The second kappa shape index (κ2) is 7.33. The molecular formula is C14H18N2O2S. The minimum absolute atomic E-state index is 0.289. The second-order valence-electron chi connectivity index (χ2n) is 3.99. The fraction of sp³-hybridized carbons (Fsp3) is 0.357. The Kier molecular flexibility index (Phi) is 5.44. The van der Waals surface area contributed by atoms with Crippen molar-refractivity contribution in [1.29, 1.82) is 0 Å². The van der Waals surface area contributed by atoms with E-state index in [0.717, 1.165) is 17.9 Å². The molecule has 1 heterocycles. The van der Waals surface area contributed by atoms with Crippen molar-refractivity contribution < 1.29 is 9.47 Å². The summed E-state index contributed by atoms with van der Waals surface area (Å²) in [6.07, 6.45) is 3.49. The van der Waals surface area contributed by atoms with Crippen LogP contribution in [0.15, 0.2) is 47.6 Å². The van der Waals surface area contributed by atoms with Crippen LogP contribution in [-0.4, -0.2) is 29.8 Å². The number of benzene rings is 1. The zero-order chi connectivity index (χ0) is 13.5. The topological polar surface area (TPSA) is 36.3 Å². The van der Waals surface area contributed by atoms with Crippen molar-refractivity contribution >= 4 is 11.8 Å². The Balaban J connectivity index is 1.84. The van der Waals surface area contributed by atoms with Crippen molar-refractivity contribution in [2.75, 3.05) is 20.0 Å². The molecule has 1 aromatic carbocycles. The van der Waals surface area contributed by atoms with Crippen LogP contribution in [0.4, 0.5) is 0 Å². The van der Waals surface area contributed by atoms with E-state index in [2.05, 4.69) is 17.2 Å². The maximum atomic E-state index is 5.21. The number of rotatable bonds is 7. The Labute approximate surface area is 117 Å². The van der Waals surface area contributed by atoms with Crippen LogP contribution < -0.4 is 0 Å². The number of nitrogens with zero attached hydrogens (tertiary/aromatic N) is 2. The highest BCUT2D eigenvalue weighted by Crippen LogP contribution is 2.23. The van der Waals surface area contributed by atoms with E-state index in [4.69, 9.17) is 9.47 Å². The summed E-state index contributed by atoms with van der Waals surface area (Å²) in [6.45, 7) is 0.915.